The van der Waals surface area contributed by atoms with E-state index in [1.54, 1.807) is 12.1 Å². The molecule has 2 rings (SSSR count). The molecule has 0 radical (unpaired) electrons. The van der Waals surface area contributed by atoms with Gasteiger partial charge in [-0.2, -0.15) is 0 Å². The fraction of sp³-hybridized carbons (Fsp3) is 0. The highest BCUT2D eigenvalue weighted by Gasteiger charge is 2.06. The van der Waals surface area contributed by atoms with Crippen LogP contribution in [0.2, 0.25) is 5.02 Å². The van der Waals surface area contributed by atoms with Gasteiger partial charge in [-0.15, -0.1) is 0 Å². The van der Waals surface area contributed by atoms with Gasteiger partial charge in [-0.25, -0.2) is 0 Å². The third-order valence-electron chi connectivity index (χ3n) is 2.30. The molecule has 0 fully saturated rings. The summed E-state index contributed by atoms with van der Waals surface area (Å²) in [4.78, 5) is 0.325. The summed E-state index contributed by atoms with van der Waals surface area (Å²) in [5.74, 6) is 0. The maximum absolute atomic E-state index is 5.92. The number of para-hydroxylation sites is 1. The van der Waals surface area contributed by atoms with Gasteiger partial charge in [0.2, 0.25) is 0 Å². The second-order valence-corrected chi connectivity index (χ2v) is 4.42. The highest BCUT2D eigenvalue weighted by atomic mass is 35.5. The van der Waals surface area contributed by atoms with E-state index in [1.807, 2.05) is 36.4 Å². The number of nitrogens with one attached hydrogen (secondary N) is 1. The van der Waals surface area contributed by atoms with Crippen LogP contribution in [0.3, 0.4) is 0 Å². The van der Waals surface area contributed by atoms with Crippen molar-refractivity contribution in [3.63, 3.8) is 0 Å². The van der Waals surface area contributed by atoms with E-state index >= 15 is 0 Å². The minimum Gasteiger partial charge on any atom is -0.389 e. The van der Waals surface area contributed by atoms with Crippen LogP contribution in [0.4, 0.5) is 11.4 Å². The van der Waals surface area contributed by atoms with Gasteiger partial charge >= 0.3 is 0 Å². The number of nitrogens with two attached hydrogens (primary N) is 1. The largest absolute Gasteiger partial charge is 0.389 e. The van der Waals surface area contributed by atoms with Gasteiger partial charge < -0.3 is 11.1 Å². The molecule has 0 saturated heterocycles. The van der Waals surface area contributed by atoms with Crippen LogP contribution in [0.25, 0.3) is 0 Å². The Morgan fingerprint density at radius 1 is 1.12 bits per heavy atom. The first-order chi connectivity index (χ1) is 8.16. The van der Waals surface area contributed by atoms with Crippen LogP contribution in [-0.4, -0.2) is 4.99 Å². The van der Waals surface area contributed by atoms with E-state index in [2.05, 4.69) is 5.32 Å². The van der Waals surface area contributed by atoms with E-state index in [9.17, 15) is 0 Å². The molecule has 0 saturated carbocycles. The molecule has 86 valence electrons. The van der Waals surface area contributed by atoms with Crippen molar-refractivity contribution in [1.29, 1.82) is 0 Å². The predicted octanol–water partition coefficient (Wildman–Crippen LogP) is 3.72. The van der Waals surface area contributed by atoms with Gasteiger partial charge in [0.15, 0.2) is 0 Å². The van der Waals surface area contributed by atoms with Crippen LogP contribution in [-0.2, 0) is 0 Å². The van der Waals surface area contributed by atoms with Gasteiger partial charge in [0.05, 0.1) is 0 Å². The van der Waals surface area contributed by atoms with Crippen molar-refractivity contribution in [3.05, 3.63) is 59.1 Å². The van der Waals surface area contributed by atoms with Crippen LogP contribution in [0.5, 0.6) is 0 Å². The molecule has 2 nitrogen and oxygen atoms in total. The summed E-state index contributed by atoms with van der Waals surface area (Å²) >= 11 is 10.9. The topological polar surface area (TPSA) is 38.0 Å². The smallest absolute Gasteiger partial charge is 0.106 e. The summed E-state index contributed by atoms with van der Waals surface area (Å²) in [6, 6.07) is 15.2. The first-order valence-corrected chi connectivity index (χ1v) is 5.87. The number of halogens is 1. The van der Waals surface area contributed by atoms with Crippen LogP contribution in [0.15, 0.2) is 48.5 Å². The van der Waals surface area contributed by atoms with Gasteiger partial charge in [-0.1, -0.05) is 42.0 Å². The lowest BCUT2D eigenvalue weighted by molar-refractivity contribution is 1.52. The summed E-state index contributed by atoms with van der Waals surface area (Å²) in [6.45, 7) is 0. The van der Waals surface area contributed by atoms with E-state index in [1.165, 1.54) is 0 Å². The van der Waals surface area contributed by atoms with Crippen LogP contribution >= 0.6 is 23.8 Å². The van der Waals surface area contributed by atoms with Crippen molar-refractivity contribution in [2.75, 3.05) is 5.32 Å². The van der Waals surface area contributed by atoms with Crippen molar-refractivity contribution in [2.45, 2.75) is 0 Å². The average molecular weight is 263 g/mol. The summed E-state index contributed by atoms with van der Waals surface area (Å²) in [6.07, 6.45) is 0. The molecule has 3 N–H and O–H groups in total. The summed E-state index contributed by atoms with van der Waals surface area (Å²) in [5, 5.41) is 3.87. The number of benzene rings is 2. The molecule has 0 unspecified atom stereocenters. The number of hydrogen-bond acceptors (Lipinski definition) is 2. The molecule has 0 spiro atoms. The Bertz CT molecular complexity index is 540. The quantitative estimate of drug-likeness (QED) is 0.828. The molecule has 0 aromatic heterocycles. The second-order valence-electron chi connectivity index (χ2n) is 3.55. The minimum atomic E-state index is 0.325. The summed E-state index contributed by atoms with van der Waals surface area (Å²) in [7, 11) is 0. The molecule has 0 amide bonds. The van der Waals surface area contributed by atoms with Gasteiger partial charge in [0, 0.05) is 22.0 Å². The Labute approximate surface area is 110 Å². The molecule has 2 aromatic rings. The van der Waals surface area contributed by atoms with Gasteiger partial charge in [0.25, 0.3) is 0 Å². The van der Waals surface area contributed by atoms with Crippen LogP contribution in [0, 0.1) is 0 Å². The zero-order chi connectivity index (χ0) is 12.3. The fourth-order valence-corrected chi connectivity index (χ4v) is 1.85. The standard InChI is InChI=1S/C13H11ClN2S/c14-9-6-7-12(11(8-9)13(15)17)16-10-4-2-1-3-5-10/h1-8,16H,(H2,15,17). The van der Waals surface area contributed by atoms with Gasteiger partial charge in [-0.3, -0.25) is 0 Å². The molecule has 0 aliphatic heterocycles. The molecule has 0 bridgehead atoms. The van der Waals surface area contributed by atoms with E-state index in [4.69, 9.17) is 29.6 Å². The highest BCUT2D eigenvalue weighted by molar-refractivity contribution is 7.80. The van der Waals surface area contributed by atoms with E-state index in [0.29, 0.717) is 10.0 Å². The molecule has 0 heterocycles. The Morgan fingerprint density at radius 3 is 2.47 bits per heavy atom. The van der Waals surface area contributed by atoms with Crippen molar-refractivity contribution in [2.24, 2.45) is 5.73 Å². The predicted molar refractivity (Wildman–Crippen MR) is 77.1 cm³/mol. The van der Waals surface area contributed by atoms with E-state index in [-0.39, 0.29) is 0 Å². The maximum Gasteiger partial charge on any atom is 0.106 e. The molecule has 2 aromatic carbocycles. The fourth-order valence-electron chi connectivity index (χ4n) is 1.51. The number of rotatable bonds is 3. The Balaban J connectivity index is 2.36. The van der Waals surface area contributed by atoms with E-state index < -0.39 is 0 Å². The van der Waals surface area contributed by atoms with Crippen molar-refractivity contribution in [1.82, 2.24) is 0 Å². The van der Waals surface area contributed by atoms with Crippen molar-refractivity contribution in [3.8, 4) is 0 Å². The maximum atomic E-state index is 5.92. The highest BCUT2D eigenvalue weighted by Crippen LogP contribution is 2.24. The molecule has 17 heavy (non-hydrogen) atoms. The molecular formula is C13H11ClN2S. The Morgan fingerprint density at radius 2 is 1.82 bits per heavy atom. The second kappa shape index (κ2) is 5.17. The lowest BCUT2D eigenvalue weighted by atomic mass is 10.1. The number of anilines is 2. The molecule has 4 heteroatoms. The summed E-state index contributed by atoms with van der Waals surface area (Å²) in [5.41, 5.74) is 8.25. The monoisotopic (exact) mass is 262 g/mol. The van der Waals surface area contributed by atoms with Crippen molar-refractivity contribution < 1.29 is 0 Å². The lowest BCUT2D eigenvalue weighted by Crippen LogP contribution is -2.11. The van der Waals surface area contributed by atoms with Gasteiger partial charge in [0.1, 0.15) is 4.99 Å². The Hall–Kier alpha value is -1.58. The first-order valence-electron chi connectivity index (χ1n) is 5.08. The molecule has 0 atom stereocenters. The van der Waals surface area contributed by atoms with Gasteiger partial charge in [-0.05, 0) is 30.3 Å². The number of hydrogen-bond donors (Lipinski definition) is 2. The number of thiocarbonyl (C=S) groups is 1. The third kappa shape index (κ3) is 2.96. The zero-order valence-electron chi connectivity index (χ0n) is 8.98. The van der Waals surface area contributed by atoms with Crippen LogP contribution < -0.4 is 11.1 Å². The van der Waals surface area contributed by atoms with Crippen LogP contribution in [0.1, 0.15) is 5.56 Å². The third-order valence-corrected chi connectivity index (χ3v) is 2.75. The molecular weight excluding hydrogens is 252 g/mol. The molecule has 0 aliphatic rings. The first kappa shape index (κ1) is 11.9. The zero-order valence-corrected chi connectivity index (χ0v) is 10.6. The summed E-state index contributed by atoms with van der Waals surface area (Å²) < 4.78 is 0. The normalized spacial score (nSPS) is 9.94. The SMILES string of the molecule is NC(=S)c1cc(Cl)ccc1Nc1ccccc1. The van der Waals surface area contributed by atoms with Crippen molar-refractivity contribution >= 4 is 40.2 Å². The Kier molecular flexibility index (Phi) is 3.61. The minimum absolute atomic E-state index is 0.325. The lowest BCUT2D eigenvalue weighted by Gasteiger charge is -2.11. The average Bonchev–Trinajstić information content (AvgIpc) is 2.32. The van der Waals surface area contributed by atoms with E-state index in [0.717, 1.165) is 16.9 Å². The molecule has 0 aliphatic carbocycles.